The Labute approximate surface area is 358 Å². The molecule has 0 unspecified atom stereocenters. The molecule has 2 heterocycles. The third kappa shape index (κ3) is 13.4. The van der Waals surface area contributed by atoms with Gasteiger partial charge in [-0.3, -0.25) is 19.2 Å². The number of likely N-dealkylation sites (tertiary alicyclic amines) is 1. The van der Waals surface area contributed by atoms with E-state index in [1.807, 2.05) is 75.0 Å². The van der Waals surface area contributed by atoms with E-state index >= 15 is 0 Å². The van der Waals surface area contributed by atoms with Crippen LogP contribution in [0.5, 0.6) is 0 Å². The van der Waals surface area contributed by atoms with E-state index in [2.05, 4.69) is 17.1 Å². The van der Waals surface area contributed by atoms with Gasteiger partial charge in [0.05, 0.1) is 36.6 Å². The highest BCUT2D eigenvalue weighted by molar-refractivity contribution is 5.88. The molecular weight excluding hydrogens is 769 g/mol. The van der Waals surface area contributed by atoms with Crippen molar-refractivity contribution >= 4 is 35.6 Å². The van der Waals surface area contributed by atoms with E-state index in [4.69, 9.17) is 20.2 Å². The molecule has 4 amide bonds. The van der Waals surface area contributed by atoms with Gasteiger partial charge in [-0.25, -0.2) is 9.79 Å². The second kappa shape index (κ2) is 24.2. The van der Waals surface area contributed by atoms with Crippen LogP contribution in [0.4, 0.5) is 0 Å². The molecule has 2 saturated heterocycles. The predicted molar refractivity (Wildman–Crippen MR) is 232 cm³/mol. The molecule has 8 atom stereocenters. The molecule has 16 nitrogen and oxygen atoms in total. The number of benzene rings is 1. The van der Waals surface area contributed by atoms with Crippen LogP contribution in [0.2, 0.25) is 0 Å². The van der Waals surface area contributed by atoms with E-state index in [0.717, 1.165) is 12.0 Å². The van der Waals surface area contributed by atoms with Gasteiger partial charge in [0, 0.05) is 80.9 Å². The highest BCUT2D eigenvalue weighted by Crippen LogP contribution is 2.30. The van der Waals surface area contributed by atoms with Crippen molar-refractivity contribution in [2.24, 2.45) is 28.5 Å². The minimum absolute atomic E-state index is 0.00163. The average molecular weight is 843 g/mol. The van der Waals surface area contributed by atoms with E-state index in [0.29, 0.717) is 70.9 Å². The summed E-state index contributed by atoms with van der Waals surface area (Å²) in [4.78, 5) is 81.8. The quantitative estimate of drug-likeness (QED) is 0.122. The first kappa shape index (κ1) is 50.1. The number of rotatable bonds is 21. The minimum Gasteiger partial charge on any atom is -0.480 e. The first-order chi connectivity index (χ1) is 28.5. The number of likely N-dealkylation sites (N-methyl/N-ethyl adjacent to an activating group) is 1. The molecule has 0 radical (unpaired) electrons. The normalized spacial score (nSPS) is 19.6. The monoisotopic (exact) mass is 843 g/mol. The van der Waals surface area contributed by atoms with Gasteiger partial charge in [-0.2, -0.15) is 0 Å². The zero-order valence-electron chi connectivity index (χ0n) is 37.8. The van der Waals surface area contributed by atoms with Crippen LogP contribution < -0.4 is 11.1 Å². The van der Waals surface area contributed by atoms with E-state index in [9.17, 15) is 29.1 Å². The zero-order chi connectivity index (χ0) is 44.7. The zero-order valence-corrected chi connectivity index (χ0v) is 37.8. The summed E-state index contributed by atoms with van der Waals surface area (Å²) < 4.78 is 12.0. The lowest BCUT2D eigenvalue weighted by molar-refractivity contribution is -0.147. The average Bonchev–Trinajstić information content (AvgIpc) is 3.72. The van der Waals surface area contributed by atoms with Crippen molar-refractivity contribution in [3.8, 4) is 0 Å². The SMILES string of the molecule is CC[C@H](C)[C@@H]([C@@H](CC(=O)N1CCC[C@H]1[C@H](OC)[C@@H](C)C(=O)N[C@@H](Cc1ccccc1)C(=O)O)OC)N(C)C(=O)[C@@H](/N=C(\N(C)C)N1CCN(C(=O)CCCN)CC1)C(C)C. The highest BCUT2D eigenvalue weighted by Gasteiger charge is 2.43. The second-order valence-corrected chi connectivity index (χ2v) is 17.0. The number of carboxylic acids is 1. The maximum atomic E-state index is 14.6. The largest absolute Gasteiger partial charge is 0.480 e. The van der Waals surface area contributed by atoms with Crippen molar-refractivity contribution in [2.45, 2.75) is 116 Å². The number of nitrogens with one attached hydrogen (secondary N) is 1. The van der Waals surface area contributed by atoms with Gasteiger partial charge < -0.3 is 50.1 Å². The van der Waals surface area contributed by atoms with Crippen LogP contribution in [0.15, 0.2) is 35.3 Å². The smallest absolute Gasteiger partial charge is 0.326 e. The van der Waals surface area contributed by atoms with Crippen LogP contribution in [-0.2, 0) is 39.9 Å². The molecule has 0 saturated carbocycles. The fourth-order valence-corrected chi connectivity index (χ4v) is 8.53. The van der Waals surface area contributed by atoms with Crippen LogP contribution in [0.25, 0.3) is 0 Å². The summed E-state index contributed by atoms with van der Waals surface area (Å²) in [6.45, 7) is 13.0. The Hall–Kier alpha value is -4.28. The number of ether oxygens (including phenoxy) is 2. The number of methoxy groups -OCH3 is 2. The molecular formula is C44H74N8O8. The highest BCUT2D eigenvalue weighted by atomic mass is 16.5. The fourth-order valence-electron chi connectivity index (χ4n) is 8.53. The number of piperazine rings is 1. The number of nitrogens with two attached hydrogens (primary N) is 1. The van der Waals surface area contributed by atoms with Crippen LogP contribution >= 0.6 is 0 Å². The lowest BCUT2D eigenvalue weighted by atomic mass is 9.89. The first-order valence-electron chi connectivity index (χ1n) is 21.7. The molecule has 338 valence electrons. The van der Waals surface area contributed by atoms with Crippen LogP contribution in [0.1, 0.15) is 78.7 Å². The third-order valence-corrected chi connectivity index (χ3v) is 12.2. The second-order valence-electron chi connectivity index (χ2n) is 17.0. The lowest BCUT2D eigenvalue weighted by Crippen LogP contribution is -2.56. The minimum atomic E-state index is -1.14. The molecule has 0 spiro atoms. The Morgan fingerprint density at radius 3 is 2.10 bits per heavy atom. The molecule has 3 rings (SSSR count). The number of nitrogens with zero attached hydrogens (tertiary/aromatic N) is 6. The molecule has 0 aliphatic carbocycles. The van der Waals surface area contributed by atoms with Crippen molar-refractivity contribution in [1.82, 2.24) is 29.8 Å². The summed E-state index contributed by atoms with van der Waals surface area (Å²) in [6, 6.07) is 6.39. The molecule has 2 aliphatic rings. The van der Waals surface area contributed by atoms with Crippen molar-refractivity contribution in [3.05, 3.63) is 35.9 Å². The summed E-state index contributed by atoms with van der Waals surface area (Å²) in [5.74, 6) is -2.11. The summed E-state index contributed by atoms with van der Waals surface area (Å²) in [5, 5.41) is 12.6. The summed E-state index contributed by atoms with van der Waals surface area (Å²) in [7, 11) is 8.65. The van der Waals surface area contributed by atoms with Gasteiger partial charge in [-0.1, -0.05) is 71.4 Å². The summed E-state index contributed by atoms with van der Waals surface area (Å²) in [5.41, 5.74) is 6.41. The van der Waals surface area contributed by atoms with Gasteiger partial charge in [0.25, 0.3) is 0 Å². The van der Waals surface area contributed by atoms with Crippen molar-refractivity contribution in [1.29, 1.82) is 0 Å². The summed E-state index contributed by atoms with van der Waals surface area (Å²) >= 11 is 0. The number of carboxylic acid groups (broad SMARTS) is 1. The standard InChI is InChI=1S/C44H74N8O8/c1-11-30(4)39(49(8)42(56)38(29(2)3)47-44(48(6)7)51-25-23-50(24-26-51)36(53)20-15-21-45)35(59-9)28-37(54)52-22-16-19-34(52)40(60-10)31(5)41(55)46-33(43(57)58)27-32-17-13-12-14-18-32/h12-14,17-18,29-31,33-35,38-40H,11,15-16,19-28,45H2,1-10H3,(H,46,55)(H,57,58)/b47-44+/t30-,31+,33-,34-,35+,38-,39-,40+/m0/s1. The van der Waals surface area contributed by atoms with E-state index in [-0.39, 0.29) is 42.4 Å². The Morgan fingerprint density at radius 2 is 1.57 bits per heavy atom. The lowest BCUT2D eigenvalue weighted by Gasteiger charge is -2.41. The predicted octanol–water partition coefficient (Wildman–Crippen LogP) is 2.54. The summed E-state index contributed by atoms with van der Waals surface area (Å²) in [6.07, 6.45) is 1.95. The number of hydrogen-bond acceptors (Lipinski definition) is 9. The number of carbonyl (C=O) groups is 5. The first-order valence-corrected chi connectivity index (χ1v) is 21.7. The van der Waals surface area contributed by atoms with E-state index in [1.54, 1.807) is 30.9 Å². The van der Waals surface area contributed by atoms with Gasteiger partial charge >= 0.3 is 5.97 Å². The number of amides is 4. The molecule has 1 aromatic carbocycles. The number of carbonyl (C=O) groups excluding carboxylic acids is 4. The molecule has 60 heavy (non-hydrogen) atoms. The molecule has 0 bridgehead atoms. The number of aliphatic imine (C=N–C) groups is 1. The van der Waals surface area contributed by atoms with E-state index in [1.165, 1.54) is 7.11 Å². The van der Waals surface area contributed by atoms with Crippen LogP contribution in [-0.4, -0.2) is 176 Å². The van der Waals surface area contributed by atoms with E-state index < -0.39 is 54.2 Å². The fraction of sp³-hybridized carbons (Fsp3) is 0.727. The topological polar surface area (TPSA) is 191 Å². The van der Waals surface area contributed by atoms with Gasteiger partial charge in [0.15, 0.2) is 5.96 Å². The number of aliphatic carboxylic acids is 1. The van der Waals surface area contributed by atoms with Gasteiger partial charge in [-0.15, -0.1) is 0 Å². The molecule has 2 aliphatic heterocycles. The maximum absolute atomic E-state index is 14.6. The molecule has 16 heteroatoms. The van der Waals surface area contributed by atoms with Crippen molar-refractivity contribution in [3.63, 3.8) is 0 Å². The van der Waals surface area contributed by atoms with Crippen LogP contribution in [0, 0.1) is 17.8 Å². The maximum Gasteiger partial charge on any atom is 0.326 e. The van der Waals surface area contributed by atoms with Crippen molar-refractivity contribution in [2.75, 3.05) is 74.6 Å². The Balaban J connectivity index is 1.79. The van der Waals surface area contributed by atoms with Crippen LogP contribution in [0.3, 0.4) is 0 Å². The van der Waals surface area contributed by atoms with Crippen molar-refractivity contribution < 1.29 is 38.6 Å². The molecule has 0 aromatic heterocycles. The number of hydrogen-bond donors (Lipinski definition) is 3. The van der Waals surface area contributed by atoms with Gasteiger partial charge in [0.2, 0.25) is 23.6 Å². The molecule has 1 aromatic rings. The third-order valence-electron chi connectivity index (χ3n) is 12.2. The molecule has 2 fully saturated rings. The Bertz CT molecular complexity index is 1570. The molecule has 4 N–H and O–H groups in total. The Morgan fingerprint density at radius 1 is 0.933 bits per heavy atom. The van der Waals surface area contributed by atoms with Gasteiger partial charge in [0.1, 0.15) is 12.1 Å². The van der Waals surface area contributed by atoms with Gasteiger partial charge in [-0.05, 0) is 43.2 Å². The number of guanidine groups is 1. The Kier molecular flexibility index (Phi) is 20.2.